The third kappa shape index (κ3) is 2.45. The molecule has 3 unspecified atom stereocenters. The van der Waals surface area contributed by atoms with E-state index < -0.39 is 0 Å². The molecule has 5 nitrogen and oxygen atoms in total. The van der Waals surface area contributed by atoms with Gasteiger partial charge in [-0.2, -0.15) is 5.10 Å². The second-order valence-electron chi connectivity index (χ2n) is 4.62. The van der Waals surface area contributed by atoms with Gasteiger partial charge in [0.25, 0.3) is 0 Å². The number of amidine groups is 1. The number of hydrogen-bond donors (Lipinski definition) is 2. The third-order valence-corrected chi connectivity index (χ3v) is 3.51. The van der Waals surface area contributed by atoms with E-state index in [4.69, 9.17) is 10.5 Å². The molecule has 0 aliphatic carbocycles. The van der Waals surface area contributed by atoms with Gasteiger partial charge in [0, 0.05) is 0 Å². The minimum atomic E-state index is 0.220. The fraction of sp³-hybridized carbons (Fsp3) is 0.667. The molecule has 0 aromatic rings. The minimum Gasteiger partial charge on any atom is -0.374 e. The summed E-state index contributed by atoms with van der Waals surface area (Å²) in [5, 5.41) is 4.31. The molecule has 2 aliphatic rings. The van der Waals surface area contributed by atoms with Gasteiger partial charge in [0.2, 0.25) is 0 Å². The molecule has 3 atom stereocenters. The van der Waals surface area contributed by atoms with E-state index in [2.05, 4.69) is 36.2 Å². The third-order valence-electron chi connectivity index (χ3n) is 3.51. The summed E-state index contributed by atoms with van der Waals surface area (Å²) in [4.78, 5) is 2.32. The van der Waals surface area contributed by atoms with Crippen molar-refractivity contribution in [2.24, 2.45) is 10.8 Å². The quantitative estimate of drug-likeness (QED) is 0.708. The monoisotopic (exact) mass is 237 g/mol. The maximum Gasteiger partial charge on any atom is 0.163 e. The summed E-state index contributed by atoms with van der Waals surface area (Å²) in [5.41, 5.74) is 8.45. The number of morpholine rings is 1. The van der Waals surface area contributed by atoms with Crippen molar-refractivity contribution >= 4 is 5.84 Å². The molecule has 0 aromatic heterocycles. The Morgan fingerprint density at radius 1 is 1.53 bits per heavy atom. The number of hydrogen-bond acceptors (Lipinski definition) is 5. The fourth-order valence-corrected chi connectivity index (χ4v) is 2.26. The normalized spacial score (nSPS) is 34.5. The van der Waals surface area contributed by atoms with Crippen molar-refractivity contribution in [1.29, 1.82) is 0 Å². The second kappa shape index (κ2) is 5.06. The van der Waals surface area contributed by atoms with E-state index in [0.717, 1.165) is 18.9 Å². The van der Waals surface area contributed by atoms with Gasteiger partial charge in [0.05, 0.1) is 24.8 Å². The Morgan fingerprint density at radius 2 is 2.29 bits per heavy atom. The van der Waals surface area contributed by atoms with Crippen LogP contribution in [0.2, 0.25) is 0 Å². The topological polar surface area (TPSA) is 62.9 Å². The summed E-state index contributed by atoms with van der Waals surface area (Å²) in [7, 11) is 0. The van der Waals surface area contributed by atoms with Gasteiger partial charge in [0.15, 0.2) is 6.17 Å². The van der Waals surface area contributed by atoms with Gasteiger partial charge in [0.1, 0.15) is 5.84 Å². The number of nitrogens with zero attached hydrogens (tertiary/aromatic N) is 2. The average molecular weight is 237 g/mol. The minimum absolute atomic E-state index is 0.220. The molecule has 1 radical (unpaired) electrons. The van der Waals surface area contributed by atoms with Crippen molar-refractivity contribution in [2.45, 2.75) is 45.4 Å². The van der Waals surface area contributed by atoms with Crippen molar-refractivity contribution in [1.82, 2.24) is 10.3 Å². The molecule has 1 saturated heterocycles. The summed E-state index contributed by atoms with van der Waals surface area (Å²) >= 11 is 0. The van der Waals surface area contributed by atoms with Gasteiger partial charge in [-0.1, -0.05) is 6.92 Å². The molecule has 1 fully saturated rings. The molecule has 17 heavy (non-hydrogen) atoms. The predicted octanol–water partition coefficient (Wildman–Crippen LogP) is 0.795. The highest BCUT2D eigenvalue weighted by molar-refractivity contribution is 5.94. The van der Waals surface area contributed by atoms with Crippen LogP contribution in [-0.2, 0) is 4.74 Å². The average Bonchev–Trinajstić information content (AvgIpc) is 2.34. The highest BCUT2D eigenvalue weighted by Gasteiger charge is 2.34. The van der Waals surface area contributed by atoms with Crippen molar-refractivity contribution in [3.63, 3.8) is 0 Å². The Morgan fingerprint density at radius 3 is 2.88 bits per heavy atom. The molecule has 0 amide bonds. The van der Waals surface area contributed by atoms with Gasteiger partial charge < -0.3 is 15.4 Å². The summed E-state index contributed by atoms with van der Waals surface area (Å²) in [5.74, 6) is 0.939. The Labute approximate surface area is 103 Å². The SMILES string of the molecule is CCC1COC(C)C(C)N1C1=NN[C](N)C=C1. The largest absolute Gasteiger partial charge is 0.374 e. The Hall–Kier alpha value is -1.07. The number of rotatable bonds is 1. The molecule has 2 heterocycles. The van der Waals surface area contributed by atoms with Crippen molar-refractivity contribution in [3.05, 3.63) is 18.3 Å². The lowest BCUT2D eigenvalue weighted by Gasteiger charge is -2.45. The second-order valence-corrected chi connectivity index (χ2v) is 4.62. The first-order valence-corrected chi connectivity index (χ1v) is 6.17. The lowest BCUT2D eigenvalue weighted by molar-refractivity contribution is -0.0613. The van der Waals surface area contributed by atoms with Gasteiger partial charge in [-0.25, -0.2) is 0 Å². The van der Waals surface area contributed by atoms with Gasteiger partial charge in [-0.3, -0.25) is 5.43 Å². The zero-order valence-electron chi connectivity index (χ0n) is 10.7. The van der Waals surface area contributed by atoms with Crippen LogP contribution in [0.1, 0.15) is 27.2 Å². The molecule has 95 valence electrons. The number of ether oxygens (including phenoxy) is 1. The Bertz CT molecular complexity index is 326. The molecule has 2 aliphatic heterocycles. The van der Waals surface area contributed by atoms with Crippen LogP contribution >= 0.6 is 0 Å². The Balaban J connectivity index is 2.17. The van der Waals surface area contributed by atoms with Crippen LogP contribution in [0.15, 0.2) is 17.3 Å². The first-order chi connectivity index (χ1) is 8.13. The molecule has 0 saturated carbocycles. The summed E-state index contributed by atoms with van der Waals surface area (Å²) in [6.45, 7) is 7.20. The first kappa shape index (κ1) is 12.4. The maximum absolute atomic E-state index is 5.76. The van der Waals surface area contributed by atoms with E-state index in [-0.39, 0.29) is 6.10 Å². The van der Waals surface area contributed by atoms with Crippen LogP contribution in [0.4, 0.5) is 0 Å². The highest BCUT2D eigenvalue weighted by Crippen LogP contribution is 2.22. The smallest absolute Gasteiger partial charge is 0.163 e. The maximum atomic E-state index is 5.76. The summed E-state index contributed by atoms with van der Waals surface area (Å²) in [6, 6.07) is 0.698. The number of hydrazone groups is 1. The summed E-state index contributed by atoms with van der Waals surface area (Å²) in [6.07, 6.45) is 5.65. The number of nitrogens with two attached hydrogens (primary N) is 1. The molecule has 2 rings (SSSR count). The van der Waals surface area contributed by atoms with Crippen molar-refractivity contribution in [2.75, 3.05) is 6.61 Å². The first-order valence-electron chi connectivity index (χ1n) is 6.17. The zero-order valence-corrected chi connectivity index (χ0v) is 10.7. The van der Waals surface area contributed by atoms with Crippen LogP contribution in [0.3, 0.4) is 0 Å². The van der Waals surface area contributed by atoms with E-state index >= 15 is 0 Å². The zero-order chi connectivity index (χ0) is 12.4. The predicted molar refractivity (Wildman–Crippen MR) is 67.9 cm³/mol. The van der Waals surface area contributed by atoms with E-state index in [9.17, 15) is 0 Å². The highest BCUT2D eigenvalue weighted by atomic mass is 16.5. The van der Waals surface area contributed by atoms with Crippen LogP contribution < -0.4 is 11.2 Å². The van der Waals surface area contributed by atoms with Crippen molar-refractivity contribution < 1.29 is 4.74 Å². The molecule has 0 bridgehead atoms. The molecule has 5 heteroatoms. The molecule has 0 spiro atoms. The standard InChI is InChI=1S/C12H21N4O/c1-4-10-7-17-9(3)8(2)16(10)12-6-5-11(13)14-15-12/h5-6,8-10,14H,4,7,13H2,1-3H3. The van der Waals surface area contributed by atoms with Gasteiger partial charge in [-0.15, -0.1) is 0 Å². The van der Waals surface area contributed by atoms with Gasteiger partial charge >= 0.3 is 0 Å². The van der Waals surface area contributed by atoms with Crippen LogP contribution in [0.25, 0.3) is 0 Å². The molecular weight excluding hydrogens is 216 g/mol. The van der Waals surface area contributed by atoms with E-state index in [0.29, 0.717) is 18.2 Å². The van der Waals surface area contributed by atoms with Crippen LogP contribution in [0.5, 0.6) is 0 Å². The molecule has 3 N–H and O–H groups in total. The summed E-state index contributed by atoms with van der Waals surface area (Å²) < 4.78 is 5.76. The van der Waals surface area contributed by atoms with Gasteiger partial charge in [-0.05, 0) is 32.4 Å². The number of nitrogens with one attached hydrogen (secondary N) is 1. The Kier molecular flexibility index (Phi) is 3.69. The van der Waals surface area contributed by atoms with E-state index in [1.54, 1.807) is 0 Å². The lowest BCUT2D eigenvalue weighted by atomic mass is 10.0. The fourth-order valence-electron chi connectivity index (χ4n) is 2.26. The lowest BCUT2D eigenvalue weighted by Crippen LogP contribution is -2.57. The van der Waals surface area contributed by atoms with E-state index in [1.165, 1.54) is 0 Å². The van der Waals surface area contributed by atoms with E-state index in [1.807, 2.05) is 12.2 Å². The van der Waals surface area contributed by atoms with Crippen LogP contribution in [-0.4, -0.2) is 35.5 Å². The van der Waals surface area contributed by atoms with Crippen LogP contribution in [0, 0.1) is 6.17 Å². The molecule has 0 aromatic carbocycles. The van der Waals surface area contributed by atoms with Crippen molar-refractivity contribution in [3.8, 4) is 0 Å². The molecular formula is C12H21N4O.